The van der Waals surface area contributed by atoms with Gasteiger partial charge < -0.3 is 14.8 Å². The lowest BCUT2D eigenvalue weighted by Crippen LogP contribution is -2.26. The molecule has 0 saturated carbocycles. The fourth-order valence-electron chi connectivity index (χ4n) is 3.01. The molecule has 3 rings (SSSR count). The van der Waals surface area contributed by atoms with Crippen molar-refractivity contribution < 1.29 is 14.3 Å². The highest BCUT2D eigenvalue weighted by Gasteiger charge is 2.22. The number of fused-ring (bicyclic) bond motifs is 1. The normalized spacial score (nSPS) is 11.6. The van der Waals surface area contributed by atoms with Crippen LogP contribution in [0.2, 0.25) is 0 Å². The summed E-state index contributed by atoms with van der Waals surface area (Å²) < 4.78 is 12.3. The van der Waals surface area contributed by atoms with E-state index in [0.717, 1.165) is 23.4 Å². The number of rotatable bonds is 7. The van der Waals surface area contributed by atoms with Gasteiger partial charge >= 0.3 is 0 Å². The molecule has 0 bridgehead atoms. The fourth-order valence-corrected chi connectivity index (χ4v) is 3.01. The summed E-state index contributed by atoms with van der Waals surface area (Å²) in [4.78, 5) is 17.3. The summed E-state index contributed by atoms with van der Waals surface area (Å²) in [7, 11) is 3.27. The molecule has 0 aliphatic rings. The molecule has 1 amide bonds. The van der Waals surface area contributed by atoms with Gasteiger partial charge in [0, 0.05) is 37.3 Å². The molecule has 1 N–H and O–H groups in total. The van der Waals surface area contributed by atoms with Crippen molar-refractivity contribution >= 4 is 11.6 Å². The third kappa shape index (κ3) is 4.56. The van der Waals surface area contributed by atoms with Crippen LogP contribution in [0.15, 0.2) is 36.4 Å². The highest BCUT2D eigenvalue weighted by Crippen LogP contribution is 2.31. The van der Waals surface area contributed by atoms with Crippen LogP contribution in [0, 0.1) is 0 Å². The zero-order chi connectivity index (χ0) is 21.0. The molecule has 0 unspecified atom stereocenters. The van der Waals surface area contributed by atoms with Crippen molar-refractivity contribution in [3.05, 3.63) is 47.8 Å². The monoisotopic (exact) mass is 396 g/mol. The Hall–Kier alpha value is -2.93. The molecule has 0 aliphatic heterocycles. The van der Waals surface area contributed by atoms with Gasteiger partial charge in [0.15, 0.2) is 5.65 Å². The largest absolute Gasteiger partial charge is 0.496 e. The molecule has 7 heteroatoms. The maximum Gasteiger partial charge on any atom is 0.270 e. The second-order valence-electron chi connectivity index (χ2n) is 7.88. The minimum atomic E-state index is -0.224. The van der Waals surface area contributed by atoms with Crippen LogP contribution in [0.5, 0.6) is 5.75 Å². The highest BCUT2D eigenvalue weighted by atomic mass is 16.5. The molecular weight excluding hydrogens is 368 g/mol. The first kappa shape index (κ1) is 20.8. The Morgan fingerprint density at radius 3 is 2.62 bits per heavy atom. The lowest BCUT2D eigenvalue weighted by Gasteiger charge is -2.14. The number of carbonyl (C=O) groups excluding carboxylic acids is 1. The average molecular weight is 396 g/mol. The number of hydrogen-bond acceptors (Lipinski definition) is 5. The topological polar surface area (TPSA) is 77.8 Å². The summed E-state index contributed by atoms with van der Waals surface area (Å²) in [5.74, 6) is 0.484. The molecule has 0 radical (unpaired) electrons. The van der Waals surface area contributed by atoms with Crippen molar-refractivity contribution in [3.63, 3.8) is 0 Å². The van der Waals surface area contributed by atoms with Crippen molar-refractivity contribution in [3.8, 4) is 17.0 Å². The van der Waals surface area contributed by atoms with Gasteiger partial charge in [-0.15, -0.1) is 0 Å². The Morgan fingerprint density at radius 2 is 1.93 bits per heavy atom. The van der Waals surface area contributed by atoms with Crippen molar-refractivity contribution in [1.82, 2.24) is 19.9 Å². The molecule has 1 aromatic carbocycles. The van der Waals surface area contributed by atoms with Crippen LogP contribution in [0.25, 0.3) is 16.9 Å². The van der Waals surface area contributed by atoms with Gasteiger partial charge in [-0.3, -0.25) is 4.79 Å². The Morgan fingerprint density at radius 1 is 1.17 bits per heavy atom. The molecule has 154 valence electrons. The Kier molecular flexibility index (Phi) is 6.17. The number of ether oxygens (including phenoxy) is 2. The predicted molar refractivity (Wildman–Crippen MR) is 113 cm³/mol. The zero-order valence-electron chi connectivity index (χ0n) is 17.7. The molecule has 0 saturated heterocycles. The lowest BCUT2D eigenvalue weighted by atomic mass is 9.93. The van der Waals surface area contributed by atoms with E-state index in [4.69, 9.17) is 14.6 Å². The molecule has 7 nitrogen and oxygen atoms in total. The van der Waals surface area contributed by atoms with Crippen LogP contribution >= 0.6 is 0 Å². The van der Waals surface area contributed by atoms with E-state index in [2.05, 4.69) is 31.1 Å². The Labute approximate surface area is 171 Å². The minimum absolute atomic E-state index is 0.145. The maximum atomic E-state index is 12.7. The number of para-hydroxylation sites is 1. The van der Waals surface area contributed by atoms with E-state index in [1.54, 1.807) is 24.8 Å². The summed E-state index contributed by atoms with van der Waals surface area (Å²) in [6.45, 7) is 7.41. The predicted octanol–water partition coefficient (Wildman–Crippen LogP) is 3.47. The van der Waals surface area contributed by atoms with Gasteiger partial charge in [0.25, 0.3) is 5.91 Å². The molecule has 0 spiro atoms. The first-order valence-corrected chi connectivity index (χ1v) is 9.67. The SMILES string of the molecule is COCCCNC(=O)c1cc(-c2ccccc2OC)n2nc(C(C)(C)C)cc2n1. The number of methoxy groups -OCH3 is 2. The number of nitrogens with zero attached hydrogens (tertiary/aromatic N) is 3. The number of hydrogen-bond donors (Lipinski definition) is 1. The molecule has 2 aromatic heterocycles. The third-order valence-corrected chi connectivity index (χ3v) is 4.62. The maximum absolute atomic E-state index is 12.7. The molecule has 0 atom stereocenters. The van der Waals surface area contributed by atoms with Crippen LogP contribution in [0.4, 0.5) is 0 Å². The van der Waals surface area contributed by atoms with Gasteiger partial charge in [-0.2, -0.15) is 5.10 Å². The number of benzene rings is 1. The van der Waals surface area contributed by atoms with Gasteiger partial charge in [-0.1, -0.05) is 32.9 Å². The number of amides is 1. The molecular formula is C22H28N4O3. The quantitative estimate of drug-likeness (QED) is 0.619. The number of nitrogens with one attached hydrogen (secondary N) is 1. The summed E-state index contributed by atoms with van der Waals surface area (Å²) >= 11 is 0. The van der Waals surface area contributed by atoms with Gasteiger partial charge in [0.05, 0.1) is 18.5 Å². The van der Waals surface area contributed by atoms with E-state index in [-0.39, 0.29) is 11.3 Å². The number of aromatic nitrogens is 3. The van der Waals surface area contributed by atoms with Crippen LogP contribution in [0.1, 0.15) is 43.4 Å². The van der Waals surface area contributed by atoms with E-state index in [1.165, 1.54) is 0 Å². The second kappa shape index (κ2) is 8.61. The third-order valence-electron chi connectivity index (χ3n) is 4.62. The van der Waals surface area contributed by atoms with Crippen LogP contribution < -0.4 is 10.1 Å². The van der Waals surface area contributed by atoms with Gasteiger partial charge in [-0.05, 0) is 24.6 Å². The molecule has 2 heterocycles. The highest BCUT2D eigenvalue weighted by molar-refractivity contribution is 5.94. The molecule has 0 aliphatic carbocycles. The van der Waals surface area contributed by atoms with E-state index in [9.17, 15) is 4.79 Å². The molecule has 3 aromatic rings. The first-order valence-electron chi connectivity index (χ1n) is 9.67. The van der Waals surface area contributed by atoms with Crippen molar-refractivity contribution in [2.45, 2.75) is 32.6 Å². The smallest absolute Gasteiger partial charge is 0.270 e. The van der Waals surface area contributed by atoms with Crippen molar-refractivity contribution in [2.24, 2.45) is 0 Å². The van der Waals surface area contributed by atoms with Gasteiger partial charge in [0.2, 0.25) is 0 Å². The molecule has 0 fully saturated rings. The van der Waals surface area contributed by atoms with Crippen molar-refractivity contribution in [1.29, 1.82) is 0 Å². The Balaban J connectivity index is 2.11. The van der Waals surface area contributed by atoms with E-state index >= 15 is 0 Å². The van der Waals surface area contributed by atoms with E-state index < -0.39 is 0 Å². The summed E-state index contributed by atoms with van der Waals surface area (Å²) in [6, 6.07) is 11.4. The first-order chi connectivity index (χ1) is 13.8. The van der Waals surface area contributed by atoms with Crippen LogP contribution in [-0.2, 0) is 10.2 Å². The standard InChI is InChI=1S/C22H28N4O3/c1-22(2,3)19-14-20-24-16(21(27)23-11-8-12-28-4)13-17(26(20)25-19)15-9-6-7-10-18(15)29-5/h6-7,9-10,13-14H,8,11-12H2,1-5H3,(H,23,27). The van der Waals surface area contributed by atoms with Crippen LogP contribution in [-0.4, -0.2) is 47.9 Å². The summed E-state index contributed by atoms with van der Waals surface area (Å²) in [6.07, 6.45) is 0.741. The summed E-state index contributed by atoms with van der Waals surface area (Å²) in [5, 5.41) is 7.67. The minimum Gasteiger partial charge on any atom is -0.496 e. The van der Waals surface area contributed by atoms with Gasteiger partial charge in [-0.25, -0.2) is 9.50 Å². The average Bonchev–Trinajstić information content (AvgIpc) is 3.15. The second-order valence-corrected chi connectivity index (χ2v) is 7.88. The summed E-state index contributed by atoms with van der Waals surface area (Å²) in [5.41, 5.74) is 3.33. The van der Waals surface area contributed by atoms with Crippen LogP contribution in [0.3, 0.4) is 0 Å². The Bertz CT molecular complexity index is 1000. The molecule has 29 heavy (non-hydrogen) atoms. The fraction of sp³-hybridized carbons (Fsp3) is 0.409. The van der Waals surface area contributed by atoms with Gasteiger partial charge in [0.1, 0.15) is 11.4 Å². The van der Waals surface area contributed by atoms with Crippen molar-refractivity contribution in [2.75, 3.05) is 27.4 Å². The van der Waals surface area contributed by atoms with E-state index in [0.29, 0.717) is 30.2 Å². The van der Waals surface area contributed by atoms with E-state index in [1.807, 2.05) is 30.3 Å². The lowest BCUT2D eigenvalue weighted by molar-refractivity contribution is 0.0944. The number of carbonyl (C=O) groups is 1. The zero-order valence-corrected chi connectivity index (χ0v) is 17.7.